The number of aromatic amines is 1. The molecule has 1 N–H and O–H groups in total. The predicted octanol–water partition coefficient (Wildman–Crippen LogP) is 3.65. The van der Waals surface area contributed by atoms with Gasteiger partial charge in [-0.05, 0) is 40.5 Å². The van der Waals surface area contributed by atoms with Crippen LogP contribution in [0.3, 0.4) is 0 Å². The number of unbranched alkanes of at least 4 members (excludes halogenated alkanes) is 2. The van der Waals surface area contributed by atoms with Gasteiger partial charge in [0.05, 0.1) is 13.2 Å². The highest BCUT2D eigenvalue weighted by atomic mass is 16.5. The Labute approximate surface area is 231 Å². The van der Waals surface area contributed by atoms with Crippen molar-refractivity contribution in [3.8, 4) is 22.5 Å². The van der Waals surface area contributed by atoms with Crippen LogP contribution >= 0.6 is 0 Å². The molecule has 0 bridgehead atoms. The molecule has 0 amide bonds. The number of hydrogen-bond donors (Lipinski definition) is 1. The van der Waals surface area contributed by atoms with Crippen LogP contribution < -0.4 is 11.2 Å². The van der Waals surface area contributed by atoms with Gasteiger partial charge in [0.2, 0.25) is 0 Å². The van der Waals surface area contributed by atoms with Crippen LogP contribution in [-0.2, 0) is 30.8 Å². The van der Waals surface area contributed by atoms with E-state index in [2.05, 4.69) is 51.8 Å². The molecule has 0 fully saturated rings. The fourth-order valence-electron chi connectivity index (χ4n) is 5.08. The lowest BCUT2D eigenvalue weighted by atomic mass is 9.98. The largest absolute Gasteiger partial charge is 0.383 e. The van der Waals surface area contributed by atoms with Crippen LogP contribution in [0.15, 0.2) is 58.1 Å². The smallest absolute Gasteiger partial charge is 0.332 e. The van der Waals surface area contributed by atoms with Crippen molar-refractivity contribution in [1.82, 2.24) is 39.3 Å². The summed E-state index contributed by atoms with van der Waals surface area (Å²) >= 11 is 0. The Kier molecular flexibility index (Phi) is 8.30. The van der Waals surface area contributed by atoms with Crippen molar-refractivity contribution in [2.24, 2.45) is 0 Å². The molecule has 0 aliphatic heterocycles. The Morgan fingerprint density at radius 2 is 1.70 bits per heavy atom. The summed E-state index contributed by atoms with van der Waals surface area (Å²) in [4.78, 5) is 31.6. The number of nitrogens with zero attached hydrogens (tertiary/aromatic N) is 7. The summed E-state index contributed by atoms with van der Waals surface area (Å²) in [6.45, 7) is 5.39. The Hall–Kier alpha value is -4.38. The Balaban J connectivity index is 1.57. The third-order valence-electron chi connectivity index (χ3n) is 7.17. The molecule has 208 valence electrons. The molecule has 3 heterocycles. The summed E-state index contributed by atoms with van der Waals surface area (Å²) in [5.41, 5.74) is 4.18. The summed E-state index contributed by atoms with van der Waals surface area (Å²) < 4.78 is 10.1. The van der Waals surface area contributed by atoms with Gasteiger partial charge in [-0.1, -0.05) is 68.3 Å². The van der Waals surface area contributed by atoms with Crippen LogP contribution in [0.25, 0.3) is 33.7 Å². The summed E-state index contributed by atoms with van der Waals surface area (Å²) in [6, 6.07) is 16.2. The van der Waals surface area contributed by atoms with E-state index in [9.17, 15) is 9.59 Å². The normalized spacial score (nSPS) is 11.5. The Bertz CT molecular complexity index is 1700. The van der Waals surface area contributed by atoms with E-state index in [1.165, 1.54) is 4.57 Å². The van der Waals surface area contributed by atoms with Gasteiger partial charge >= 0.3 is 5.69 Å². The molecule has 5 aromatic rings. The molecule has 0 atom stereocenters. The number of aryl methyl sites for hydroxylation is 1. The van der Waals surface area contributed by atoms with Crippen molar-refractivity contribution in [3.63, 3.8) is 0 Å². The maximum Gasteiger partial charge on any atom is 0.332 e. The van der Waals surface area contributed by atoms with Gasteiger partial charge in [-0.15, -0.1) is 5.10 Å². The maximum atomic E-state index is 13.6. The van der Waals surface area contributed by atoms with Gasteiger partial charge in [0.1, 0.15) is 5.82 Å². The highest BCUT2D eigenvalue weighted by Gasteiger charge is 2.21. The molecule has 11 heteroatoms. The van der Waals surface area contributed by atoms with Gasteiger partial charge in [-0.25, -0.2) is 14.9 Å². The average Bonchev–Trinajstić information content (AvgIpc) is 3.63. The van der Waals surface area contributed by atoms with Crippen LogP contribution in [0, 0.1) is 0 Å². The number of fused-ring (bicyclic) bond motifs is 1. The molecule has 0 aliphatic rings. The molecule has 40 heavy (non-hydrogen) atoms. The first kappa shape index (κ1) is 27.2. The number of aromatic nitrogens is 8. The lowest BCUT2D eigenvalue weighted by Crippen LogP contribution is -2.40. The SMILES string of the molecule is CCCCCc1nc2c(c(=O)n(CC)c(=O)n2CCOC)n1Cc1ccc(-c2ccccc2-c2nnn[nH]2)cc1. The van der Waals surface area contributed by atoms with Gasteiger partial charge in [0.25, 0.3) is 5.56 Å². The number of rotatable bonds is 12. The molecule has 0 spiro atoms. The van der Waals surface area contributed by atoms with Gasteiger partial charge in [0.15, 0.2) is 17.0 Å². The lowest BCUT2D eigenvalue weighted by molar-refractivity contribution is 0.186. The van der Waals surface area contributed by atoms with Crippen molar-refractivity contribution in [2.75, 3.05) is 13.7 Å². The van der Waals surface area contributed by atoms with E-state index in [0.29, 0.717) is 36.7 Å². The zero-order valence-corrected chi connectivity index (χ0v) is 23.1. The van der Waals surface area contributed by atoms with Crippen LogP contribution in [0.2, 0.25) is 0 Å². The van der Waals surface area contributed by atoms with E-state index in [1.807, 2.05) is 35.8 Å². The number of ether oxygens (including phenoxy) is 1. The van der Waals surface area contributed by atoms with Crippen LogP contribution in [0.4, 0.5) is 0 Å². The maximum absolute atomic E-state index is 13.6. The van der Waals surface area contributed by atoms with Crippen LogP contribution in [-0.4, -0.2) is 53.0 Å². The second-order valence-corrected chi connectivity index (χ2v) is 9.71. The van der Waals surface area contributed by atoms with Gasteiger partial charge < -0.3 is 9.30 Å². The molecule has 0 aliphatic carbocycles. The van der Waals surface area contributed by atoms with Crippen molar-refractivity contribution < 1.29 is 4.74 Å². The van der Waals surface area contributed by atoms with E-state index in [-0.39, 0.29) is 17.8 Å². The van der Waals surface area contributed by atoms with Crippen molar-refractivity contribution in [1.29, 1.82) is 0 Å². The molecule has 2 aromatic carbocycles. The van der Waals surface area contributed by atoms with E-state index in [1.54, 1.807) is 11.7 Å². The monoisotopic (exact) mass is 542 g/mol. The van der Waals surface area contributed by atoms with Crippen molar-refractivity contribution >= 4 is 11.2 Å². The van der Waals surface area contributed by atoms with Gasteiger partial charge in [-0.3, -0.25) is 13.9 Å². The van der Waals surface area contributed by atoms with Gasteiger partial charge in [0, 0.05) is 32.2 Å². The van der Waals surface area contributed by atoms with E-state index in [0.717, 1.165) is 53.8 Å². The van der Waals surface area contributed by atoms with Crippen LogP contribution in [0.1, 0.15) is 44.5 Å². The first-order valence-corrected chi connectivity index (χ1v) is 13.7. The number of nitrogens with one attached hydrogen (secondary N) is 1. The predicted molar refractivity (Wildman–Crippen MR) is 153 cm³/mol. The molecule has 11 nitrogen and oxygen atoms in total. The quantitative estimate of drug-likeness (QED) is 0.239. The van der Waals surface area contributed by atoms with E-state index >= 15 is 0 Å². The topological polar surface area (TPSA) is 126 Å². The molecule has 0 saturated carbocycles. The number of hydrogen-bond acceptors (Lipinski definition) is 7. The Morgan fingerprint density at radius 1 is 0.925 bits per heavy atom. The zero-order chi connectivity index (χ0) is 28.1. The lowest BCUT2D eigenvalue weighted by Gasteiger charge is -2.13. The first-order valence-electron chi connectivity index (χ1n) is 13.7. The number of tetrazole rings is 1. The molecule has 0 saturated heterocycles. The highest BCUT2D eigenvalue weighted by molar-refractivity contribution is 5.80. The fourth-order valence-corrected chi connectivity index (χ4v) is 5.08. The third-order valence-corrected chi connectivity index (χ3v) is 7.17. The minimum Gasteiger partial charge on any atom is -0.383 e. The summed E-state index contributed by atoms with van der Waals surface area (Å²) in [5, 5.41) is 14.3. The molecule has 0 radical (unpaired) electrons. The molecule has 3 aromatic heterocycles. The third kappa shape index (κ3) is 5.24. The second-order valence-electron chi connectivity index (χ2n) is 9.71. The Morgan fingerprint density at radius 3 is 2.38 bits per heavy atom. The number of H-pyrrole nitrogens is 1. The fraction of sp³-hybridized carbons (Fsp3) is 0.379. The summed E-state index contributed by atoms with van der Waals surface area (Å²) in [7, 11) is 1.59. The van der Waals surface area contributed by atoms with Gasteiger partial charge in [-0.2, -0.15) is 0 Å². The first-order chi connectivity index (χ1) is 19.6. The molecular formula is C29H34N8O3. The zero-order valence-electron chi connectivity index (χ0n) is 23.1. The average molecular weight is 543 g/mol. The van der Waals surface area contributed by atoms with E-state index in [4.69, 9.17) is 9.72 Å². The summed E-state index contributed by atoms with van der Waals surface area (Å²) in [5.74, 6) is 1.42. The molecule has 0 unspecified atom stereocenters. The summed E-state index contributed by atoms with van der Waals surface area (Å²) in [6.07, 6.45) is 3.82. The highest BCUT2D eigenvalue weighted by Crippen LogP contribution is 2.30. The minimum absolute atomic E-state index is 0.283. The molecular weight excluding hydrogens is 508 g/mol. The molecule has 5 rings (SSSR count). The number of imidazole rings is 1. The number of methoxy groups -OCH3 is 1. The second kappa shape index (κ2) is 12.2. The minimum atomic E-state index is -0.355. The standard InChI is InChI=1S/C29H34N8O3/c1-4-6-7-12-24-30-27-25(28(38)35(5-2)29(39)36(27)17-18-40-3)37(24)19-20-13-15-21(16-14-20)22-10-8-9-11-23(22)26-31-33-34-32-26/h8-11,13-16H,4-7,12,17-19H2,1-3H3,(H,31,32,33,34). The van der Waals surface area contributed by atoms with Crippen molar-refractivity contribution in [3.05, 3.63) is 80.8 Å². The van der Waals surface area contributed by atoms with Crippen molar-refractivity contribution in [2.45, 2.75) is 59.2 Å². The number of benzene rings is 2. The van der Waals surface area contributed by atoms with Crippen LogP contribution in [0.5, 0.6) is 0 Å². The van der Waals surface area contributed by atoms with E-state index < -0.39 is 0 Å².